The SMILES string of the molecule is CCCCCCCCCCCCCCCCCCCCOC(=O)C(CC(=O)[O-])S(=O)(=O)[O-].[Na+].[Na+]. The summed E-state index contributed by atoms with van der Waals surface area (Å²) in [5.41, 5.74) is 0. The van der Waals surface area contributed by atoms with Gasteiger partial charge in [0.2, 0.25) is 0 Å². The Kier molecular flexibility index (Phi) is 31.1. The summed E-state index contributed by atoms with van der Waals surface area (Å²) in [6.07, 6.45) is 21.0. The molecule has 1 unspecified atom stereocenters. The number of esters is 1. The third-order valence-corrected chi connectivity index (χ3v) is 6.76. The van der Waals surface area contributed by atoms with Crippen molar-refractivity contribution in [2.24, 2.45) is 0 Å². The van der Waals surface area contributed by atoms with Gasteiger partial charge in [-0.15, -0.1) is 0 Å². The van der Waals surface area contributed by atoms with Gasteiger partial charge in [0, 0.05) is 12.4 Å². The molecule has 0 aliphatic carbocycles. The van der Waals surface area contributed by atoms with Gasteiger partial charge in [-0.1, -0.05) is 116 Å². The Morgan fingerprint density at radius 3 is 1.29 bits per heavy atom. The number of hydrogen-bond acceptors (Lipinski definition) is 7. The van der Waals surface area contributed by atoms with Crippen LogP contribution in [0.25, 0.3) is 0 Å². The maximum atomic E-state index is 11.6. The van der Waals surface area contributed by atoms with Crippen molar-refractivity contribution in [1.29, 1.82) is 0 Å². The molecule has 0 saturated heterocycles. The van der Waals surface area contributed by atoms with Crippen LogP contribution in [0.1, 0.15) is 129 Å². The van der Waals surface area contributed by atoms with Gasteiger partial charge in [0.05, 0.1) is 6.61 Å². The predicted molar refractivity (Wildman–Crippen MR) is 123 cm³/mol. The van der Waals surface area contributed by atoms with Gasteiger partial charge in [-0.2, -0.15) is 0 Å². The number of aliphatic carboxylic acids is 1. The van der Waals surface area contributed by atoms with Gasteiger partial charge >= 0.3 is 65.1 Å². The summed E-state index contributed by atoms with van der Waals surface area (Å²) < 4.78 is 37.6. The molecule has 0 radical (unpaired) electrons. The van der Waals surface area contributed by atoms with Crippen molar-refractivity contribution < 1.29 is 91.5 Å². The first-order valence-electron chi connectivity index (χ1n) is 12.6. The van der Waals surface area contributed by atoms with Gasteiger partial charge in [-0.3, -0.25) is 4.79 Å². The Bertz CT molecular complexity index is 586. The monoisotopic (exact) mass is 522 g/mol. The zero-order chi connectivity index (χ0) is 24.1. The van der Waals surface area contributed by atoms with Crippen molar-refractivity contribution >= 4 is 22.1 Å². The Morgan fingerprint density at radius 2 is 1.00 bits per heavy atom. The van der Waals surface area contributed by atoms with Gasteiger partial charge in [0.15, 0.2) is 5.25 Å². The fourth-order valence-electron chi connectivity index (χ4n) is 3.72. The Hall–Kier alpha value is 0.850. The molecule has 0 amide bonds. The van der Waals surface area contributed by atoms with E-state index in [1.54, 1.807) is 0 Å². The van der Waals surface area contributed by atoms with Crippen LogP contribution in [0.2, 0.25) is 0 Å². The zero-order valence-corrected chi connectivity index (χ0v) is 26.8. The Morgan fingerprint density at radius 1 is 0.676 bits per heavy atom. The summed E-state index contributed by atoms with van der Waals surface area (Å²) in [6.45, 7) is 2.23. The van der Waals surface area contributed by atoms with Crippen LogP contribution in [-0.2, 0) is 24.4 Å². The third-order valence-electron chi connectivity index (χ3n) is 5.71. The molecule has 0 aliphatic rings. The fourth-order valence-corrected chi connectivity index (χ4v) is 4.37. The standard InChI is InChI=1S/C24H46O7S.2Na/c1-2-3-4-5-6-7-8-9-10-11-12-13-14-15-16-17-18-19-20-31-24(27)22(21-23(25)26)32(28,29)30;;/h22H,2-21H2,1H3,(H,25,26)(H,28,29,30);;/q;2*+1/p-2. The number of carbonyl (C=O) groups excluding carboxylic acids is 2. The van der Waals surface area contributed by atoms with E-state index in [9.17, 15) is 27.7 Å². The van der Waals surface area contributed by atoms with E-state index >= 15 is 0 Å². The van der Waals surface area contributed by atoms with Gasteiger partial charge in [0.1, 0.15) is 10.1 Å². The molecule has 0 aromatic heterocycles. The summed E-state index contributed by atoms with van der Waals surface area (Å²) in [6, 6.07) is 0. The quantitative estimate of drug-likeness (QED) is 0.0702. The zero-order valence-electron chi connectivity index (χ0n) is 22.0. The number of carbonyl (C=O) groups is 2. The van der Waals surface area contributed by atoms with E-state index in [4.69, 9.17) is 4.74 Å². The predicted octanol–water partition coefficient (Wildman–Crippen LogP) is -1.37. The molecule has 1 atom stereocenters. The van der Waals surface area contributed by atoms with Crippen molar-refractivity contribution in [2.45, 2.75) is 134 Å². The summed E-state index contributed by atoms with van der Waals surface area (Å²) in [5.74, 6) is -3.09. The molecule has 0 rings (SSSR count). The van der Waals surface area contributed by atoms with Crippen LogP contribution in [0.5, 0.6) is 0 Å². The van der Waals surface area contributed by atoms with Crippen LogP contribution in [0.4, 0.5) is 0 Å². The number of ether oxygens (including phenoxy) is 1. The molecule has 10 heteroatoms. The first-order valence-corrected chi connectivity index (χ1v) is 14.1. The average Bonchev–Trinajstić information content (AvgIpc) is 2.72. The second kappa shape index (κ2) is 26.9. The number of carboxylic acid groups (broad SMARTS) is 1. The maximum absolute atomic E-state index is 11.6. The normalized spacial score (nSPS) is 11.8. The molecule has 0 spiro atoms. The van der Waals surface area contributed by atoms with Crippen molar-refractivity contribution in [1.82, 2.24) is 0 Å². The minimum atomic E-state index is -5.08. The van der Waals surface area contributed by atoms with E-state index in [1.807, 2.05) is 0 Å². The first-order chi connectivity index (χ1) is 15.3. The minimum absolute atomic E-state index is 0. The molecule has 0 fully saturated rings. The minimum Gasteiger partial charge on any atom is -0.747 e. The van der Waals surface area contributed by atoms with E-state index < -0.39 is 33.7 Å². The topological polar surface area (TPSA) is 124 Å². The molecule has 0 aliphatic heterocycles. The van der Waals surface area contributed by atoms with Crippen molar-refractivity contribution in [3.63, 3.8) is 0 Å². The molecule has 0 aromatic carbocycles. The van der Waals surface area contributed by atoms with Crippen LogP contribution in [0, 0.1) is 0 Å². The molecule has 0 bridgehead atoms. The average molecular weight is 523 g/mol. The molecular weight excluding hydrogens is 478 g/mol. The van der Waals surface area contributed by atoms with Gasteiger partial charge in [-0.25, -0.2) is 8.42 Å². The summed E-state index contributed by atoms with van der Waals surface area (Å²) in [7, 11) is -5.08. The molecule has 0 aromatic rings. The number of unbranched alkanes of at least 4 members (excludes halogenated alkanes) is 17. The number of carboxylic acids is 1. The summed E-state index contributed by atoms with van der Waals surface area (Å²) >= 11 is 0. The van der Waals surface area contributed by atoms with E-state index in [0.717, 1.165) is 19.3 Å². The van der Waals surface area contributed by atoms with Gasteiger partial charge < -0.3 is 19.2 Å². The second-order valence-corrected chi connectivity index (χ2v) is 10.3. The smallest absolute Gasteiger partial charge is 0.747 e. The van der Waals surface area contributed by atoms with Crippen LogP contribution >= 0.6 is 0 Å². The van der Waals surface area contributed by atoms with Crippen molar-refractivity contribution in [3.8, 4) is 0 Å². The molecule has 0 saturated carbocycles. The van der Waals surface area contributed by atoms with E-state index in [1.165, 1.54) is 89.9 Å². The fraction of sp³-hybridized carbons (Fsp3) is 0.917. The molecular formula is C24H44Na2O7S. The van der Waals surface area contributed by atoms with Gasteiger partial charge in [-0.05, 0) is 6.42 Å². The molecule has 34 heavy (non-hydrogen) atoms. The van der Waals surface area contributed by atoms with E-state index in [2.05, 4.69) is 6.92 Å². The first kappa shape index (κ1) is 39.4. The van der Waals surface area contributed by atoms with E-state index in [0.29, 0.717) is 6.42 Å². The van der Waals surface area contributed by atoms with Crippen LogP contribution in [0.3, 0.4) is 0 Å². The largest absolute Gasteiger partial charge is 1.00 e. The summed E-state index contributed by atoms with van der Waals surface area (Å²) in [4.78, 5) is 22.1. The van der Waals surface area contributed by atoms with Gasteiger partial charge in [0.25, 0.3) is 0 Å². The van der Waals surface area contributed by atoms with Crippen LogP contribution in [0.15, 0.2) is 0 Å². The third kappa shape index (κ3) is 25.9. The molecule has 190 valence electrons. The maximum Gasteiger partial charge on any atom is 1.00 e. The molecule has 7 nitrogen and oxygen atoms in total. The number of rotatable bonds is 23. The van der Waals surface area contributed by atoms with Crippen molar-refractivity contribution in [2.75, 3.05) is 6.61 Å². The number of hydrogen-bond donors (Lipinski definition) is 0. The Balaban J connectivity index is -0.00000480. The van der Waals surface area contributed by atoms with Crippen LogP contribution in [-0.4, -0.2) is 36.8 Å². The van der Waals surface area contributed by atoms with Crippen molar-refractivity contribution in [3.05, 3.63) is 0 Å². The van der Waals surface area contributed by atoms with Crippen LogP contribution < -0.4 is 64.2 Å². The second-order valence-electron chi connectivity index (χ2n) is 8.74. The molecule has 0 heterocycles. The Labute approximate surface area is 252 Å². The van der Waals surface area contributed by atoms with E-state index in [-0.39, 0.29) is 65.7 Å². The molecule has 0 N–H and O–H groups in total. The summed E-state index contributed by atoms with van der Waals surface area (Å²) in [5, 5.41) is 8.26.